The van der Waals surface area contributed by atoms with E-state index in [0.29, 0.717) is 11.5 Å². The summed E-state index contributed by atoms with van der Waals surface area (Å²) < 4.78 is 101. The first-order valence-electron chi connectivity index (χ1n) is 12.8. The van der Waals surface area contributed by atoms with Crippen LogP contribution < -0.4 is 0 Å². The number of hydrogen-bond acceptors (Lipinski definition) is 7. The Morgan fingerprint density at radius 2 is 1.36 bits per heavy atom. The first kappa shape index (κ1) is 39.2. The van der Waals surface area contributed by atoms with E-state index in [1.165, 1.54) is 44.5 Å². The van der Waals surface area contributed by atoms with E-state index >= 15 is 0 Å². The van der Waals surface area contributed by atoms with Crippen LogP contribution in [0.25, 0.3) is 0 Å². The van der Waals surface area contributed by atoms with Gasteiger partial charge in [0.05, 0.1) is 18.5 Å². The summed E-state index contributed by atoms with van der Waals surface area (Å²) in [4.78, 5) is 36.2. The zero-order chi connectivity index (χ0) is 34.6. The molecule has 2 fully saturated rings. The van der Waals surface area contributed by atoms with Gasteiger partial charge in [0, 0.05) is 18.8 Å². The van der Waals surface area contributed by atoms with Crippen LogP contribution in [0.1, 0.15) is 37.1 Å². The van der Waals surface area contributed by atoms with Crippen LogP contribution in [-0.4, -0.2) is 92.7 Å². The van der Waals surface area contributed by atoms with Crippen LogP contribution >= 0.6 is 0 Å². The van der Waals surface area contributed by atoms with Gasteiger partial charge in [-0.25, -0.2) is 14.4 Å². The number of furan rings is 1. The molecule has 4 rings (SSSR count). The molecular formula is C26H30F9N3O7. The fraction of sp³-hybridized carbons (Fsp3) is 0.538. The van der Waals surface area contributed by atoms with Crippen LogP contribution in [0.3, 0.4) is 0 Å². The SMILES string of the molecule is CN(Cc1ccco1)C1CCC12CCN(Cc1ccccn1)CC2.O=C(O)C(F)(F)F.O=C(O)C(F)(F)F.O=C(O)C(F)(F)F. The van der Waals surface area contributed by atoms with Crippen LogP contribution in [0.15, 0.2) is 47.2 Å². The summed E-state index contributed by atoms with van der Waals surface area (Å²) in [5.41, 5.74) is 1.72. The van der Waals surface area contributed by atoms with Crippen molar-refractivity contribution in [1.82, 2.24) is 14.8 Å². The maximum atomic E-state index is 10.6. The zero-order valence-corrected chi connectivity index (χ0v) is 23.5. The van der Waals surface area contributed by atoms with Crippen molar-refractivity contribution < 1.29 is 73.6 Å². The molecule has 3 heterocycles. The van der Waals surface area contributed by atoms with Crippen molar-refractivity contribution in [3.63, 3.8) is 0 Å². The number of aliphatic carboxylic acids is 3. The molecule has 1 atom stereocenters. The topological polar surface area (TPSA) is 144 Å². The van der Waals surface area contributed by atoms with Gasteiger partial charge in [-0.2, -0.15) is 39.5 Å². The highest BCUT2D eigenvalue weighted by Crippen LogP contribution is 2.51. The third kappa shape index (κ3) is 13.8. The Labute approximate surface area is 250 Å². The summed E-state index contributed by atoms with van der Waals surface area (Å²) in [6.07, 6.45) is -6.24. The van der Waals surface area contributed by atoms with Crippen molar-refractivity contribution in [2.75, 3.05) is 20.1 Å². The number of halogens is 9. The molecule has 0 bridgehead atoms. The summed E-state index contributed by atoms with van der Waals surface area (Å²) >= 11 is 0. The van der Waals surface area contributed by atoms with Crippen molar-refractivity contribution in [1.29, 1.82) is 0 Å². The summed E-state index contributed by atoms with van der Waals surface area (Å²) in [5.74, 6) is -7.19. The minimum absolute atomic E-state index is 0.530. The molecule has 2 aromatic rings. The van der Waals surface area contributed by atoms with Gasteiger partial charge in [-0.05, 0) is 75.5 Å². The Balaban J connectivity index is 0.000000396. The van der Waals surface area contributed by atoms with Crippen molar-refractivity contribution in [2.24, 2.45) is 5.41 Å². The molecule has 45 heavy (non-hydrogen) atoms. The zero-order valence-electron chi connectivity index (χ0n) is 23.5. The molecule has 1 saturated carbocycles. The van der Waals surface area contributed by atoms with E-state index in [4.69, 9.17) is 34.1 Å². The average Bonchev–Trinajstić information content (AvgIpc) is 3.41. The molecule has 254 valence electrons. The number of pyridine rings is 1. The third-order valence-corrected chi connectivity index (χ3v) is 6.83. The number of piperidine rings is 1. The smallest absolute Gasteiger partial charge is 0.475 e. The molecule has 1 aliphatic heterocycles. The first-order chi connectivity index (χ1) is 20.6. The highest BCUT2D eigenvalue weighted by atomic mass is 19.4. The largest absolute Gasteiger partial charge is 0.490 e. The highest BCUT2D eigenvalue weighted by molar-refractivity contribution is 5.73. The number of aromatic nitrogens is 1. The molecule has 1 saturated heterocycles. The fourth-order valence-corrected chi connectivity index (χ4v) is 4.59. The Hall–Kier alpha value is -3.87. The second-order valence-corrected chi connectivity index (χ2v) is 9.92. The predicted molar refractivity (Wildman–Crippen MR) is 135 cm³/mol. The van der Waals surface area contributed by atoms with Crippen molar-refractivity contribution in [3.8, 4) is 0 Å². The first-order valence-corrected chi connectivity index (χ1v) is 12.8. The van der Waals surface area contributed by atoms with Gasteiger partial charge in [0.2, 0.25) is 0 Å². The number of rotatable bonds is 5. The normalized spacial score (nSPS) is 17.8. The molecule has 2 aromatic heterocycles. The number of carboxylic acid groups (broad SMARTS) is 3. The van der Waals surface area contributed by atoms with E-state index in [2.05, 4.69) is 40.0 Å². The van der Waals surface area contributed by atoms with Crippen molar-refractivity contribution >= 4 is 17.9 Å². The number of alkyl halides is 9. The Morgan fingerprint density at radius 3 is 1.69 bits per heavy atom. The number of nitrogens with zero attached hydrogens (tertiary/aromatic N) is 3. The monoisotopic (exact) mass is 667 g/mol. The van der Waals surface area contributed by atoms with Crippen LogP contribution in [-0.2, 0) is 27.5 Å². The fourth-order valence-electron chi connectivity index (χ4n) is 4.59. The van der Waals surface area contributed by atoms with Gasteiger partial charge in [-0.3, -0.25) is 14.8 Å². The van der Waals surface area contributed by atoms with Gasteiger partial charge in [-0.1, -0.05) is 6.07 Å². The lowest BCUT2D eigenvalue weighted by atomic mass is 9.58. The van der Waals surface area contributed by atoms with E-state index in [-0.39, 0.29) is 0 Å². The Kier molecular flexibility index (Phi) is 14.3. The van der Waals surface area contributed by atoms with Gasteiger partial charge in [0.15, 0.2) is 0 Å². The highest BCUT2D eigenvalue weighted by Gasteiger charge is 2.49. The maximum absolute atomic E-state index is 10.6. The van der Waals surface area contributed by atoms with E-state index in [1.54, 1.807) is 6.26 Å². The quantitative estimate of drug-likeness (QED) is 0.352. The predicted octanol–water partition coefficient (Wildman–Crippen LogP) is 5.45. The second kappa shape index (κ2) is 16.4. The maximum Gasteiger partial charge on any atom is 0.490 e. The molecule has 3 N–H and O–H groups in total. The molecule has 1 spiro atoms. The van der Waals surface area contributed by atoms with Gasteiger partial charge in [-0.15, -0.1) is 0 Å². The van der Waals surface area contributed by atoms with Crippen molar-refractivity contribution in [3.05, 3.63) is 54.2 Å². The number of likely N-dealkylation sites (tertiary alicyclic amines) is 1. The van der Waals surface area contributed by atoms with Crippen LogP contribution in [0.4, 0.5) is 39.5 Å². The molecule has 1 unspecified atom stereocenters. The lowest BCUT2D eigenvalue weighted by molar-refractivity contribution is -0.193. The van der Waals surface area contributed by atoms with Crippen LogP contribution in [0, 0.1) is 5.41 Å². The van der Waals surface area contributed by atoms with Crippen LogP contribution in [0.2, 0.25) is 0 Å². The van der Waals surface area contributed by atoms with E-state index in [0.717, 1.165) is 18.8 Å². The molecule has 10 nitrogen and oxygen atoms in total. The van der Waals surface area contributed by atoms with E-state index < -0.39 is 36.4 Å². The Morgan fingerprint density at radius 1 is 0.867 bits per heavy atom. The van der Waals surface area contributed by atoms with Crippen LogP contribution in [0.5, 0.6) is 0 Å². The van der Waals surface area contributed by atoms with Gasteiger partial charge >= 0.3 is 36.4 Å². The lowest BCUT2D eigenvalue weighted by Gasteiger charge is -2.57. The minimum atomic E-state index is -5.08. The average molecular weight is 668 g/mol. The molecule has 2 aliphatic rings. The third-order valence-electron chi connectivity index (χ3n) is 6.83. The molecule has 0 amide bonds. The van der Waals surface area contributed by atoms with Gasteiger partial charge in [0.25, 0.3) is 0 Å². The summed E-state index contributed by atoms with van der Waals surface area (Å²) in [6.45, 7) is 4.31. The number of carbonyl (C=O) groups is 3. The summed E-state index contributed by atoms with van der Waals surface area (Å²) in [7, 11) is 2.26. The molecular weight excluding hydrogens is 637 g/mol. The number of carboxylic acids is 3. The molecule has 0 radical (unpaired) electrons. The second-order valence-electron chi connectivity index (χ2n) is 9.92. The van der Waals surface area contributed by atoms with Gasteiger partial charge < -0.3 is 19.7 Å². The summed E-state index contributed by atoms with van der Waals surface area (Å²) in [5, 5.41) is 21.4. The molecule has 19 heteroatoms. The Bertz CT molecular complexity index is 1140. The summed E-state index contributed by atoms with van der Waals surface area (Å²) in [6, 6.07) is 11.0. The van der Waals surface area contributed by atoms with Crippen molar-refractivity contribution in [2.45, 2.75) is 63.3 Å². The minimum Gasteiger partial charge on any atom is -0.475 e. The van der Waals surface area contributed by atoms with E-state index in [9.17, 15) is 39.5 Å². The lowest BCUT2D eigenvalue weighted by Crippen LogP contribution is -2.57. The molecule has 1 aliphatic carbocycles. The standard InChI is InChI=1S/C20H27N3O.3C2HF3O2/c1-22(16-18-6-4-14-24-18)19-7-8-20(19)9-12-23(13-10-20)15-17-5-2-3-11-21-17;3*3-2(4,5)1(6)7/h2-6,11,14,19H,7-10,12-13,15-16H2,1H3;3*(H,6,7). The van der Waals surface area contributed by atoms with E-state index in [1.807, 2.05) is 18.3 Å². The molecule has 0 aromatic carbocycles. The number of hydrogen-bond donors (Lipinski definition) is 3. The van der Waals surface area contributed by atoms with Gasteiger partial charge in [0.1, 0.15) is 5.76 Å².